The van der Waals surface area contributed by atoms with Crippen molar-refractivity contribution in [1.29, 1.82) is 0 Å². The average molecular weight is 336 g/mol. The molecule has 2 amide bonds. The molecule has 8 nitrogen and oxygen atoms in total. The van der Waals surface area contributed by atoms with Crippen molar-refractivity contribution in [2.24, 2.45) is 0 Å². The van der Waals surface area contributed by atoms with Crippen molar-refractivity contribution in [3.63, 3.8) is 0 Å². The highest BCUT2D eigenvalue weighted by Gasteiger charge is 2.18. The van der Waals surface area contributed by atoms with E-state index in [0.717, 1.165) is 19.6 Å². The fraction of sp³-hybridized carbons (Fsp3) is 0.500. The van der Waals surface area contributed by atoms with Crippen molar-refractivity contribution < 1.29 is 14.5 Å². The van der Waals surface area contributed by atoms with Crippen LogP contribution in [0.2, 0.25) is 0 Å². The molecule has 0 saturated carbocycles. The SMILES string of the molecule is CCN(CC)CCNC(=O)C(C)NC(=O)c1cccc([N+](=O)[O-])c1. The van der Waals surface area contributed by atoms with E-state index in [2.05, 4.69) is 15.5 Å². The summed E-state index contributed by atoms with van der Waals surface area (Å²) >= 11 is 0. The van der Waals surface area contributed by atoms with Crippen molar-refractivity contribution in [2.75, 3.05) is 26.2 Å². The summed E-state index contributed by atoms with van der Waals surface area (Å²) in [5, 5.41) is 16.0. The molecule has 0 saturated heterocycles. The maximum absolute atomic E-state index is 12.1. The predicted molar refractivity (Wildman–Crippen MR) is 90.8 cm³/mol. The van der Waals surface area contributed by atoms with Crippen LogP contribution in [0.3, 0.4) is 0 Å². The normalized spacial score (nSPS) is 11.8. The molecule has 0 radical (unpaired) electrons. The van der Waals surface area contributed by atoms with E-state index in [1.807, 2.05) is 13.8 Å². The minimum atomic E-state index is -0.728. The number of nitro groups is 1. The first-order valence-corrected chi connectivity index (χ1v) is 7.94. The van der Waals surface area contributed by atoms with Gasteiger partial charge >= 0.3 is 0 Å². The first kappa shape index (κ1) is 19.6. The average Bonchev–Trinajstić information content (AvgIpc) is 2.58. The number of nitro benzene ring substituents is 1. The Morgan fingerprint density at radius 3 is 2.54 bits per heavy atom. The molecule has 132 valence electrons. The van der Waals surface area contributed by atoms with Crippen molar-refractivity contribution in [3.8, 4) is 0 Å². The van der Waals surface area contributed by atoms with Gasteiger partial charge in [0.2, 0.25) is 5.91 Å². The first-order chi connectivity index (χ1) is 11.4. The molecule has 1 aromatic rings. The van der Waals surface area contributed by atoms with Gasteiger partial charge < -0.3 is 15.5 Å². The summed E-state index contributed by atoms with van der Waals surface area (Å²) in [4.78, 5) is 36.4. The molecule has 1 rings (SSSR count). The van der Waals surface area contributed by atoms with Crippen LogP contribution in [0.1, 0.15) is 31.1 Å². The van der Waals surface area contributed by atoms with Crippen LogP contribution in [0.4, 0.5) is 5.69 Å². The van der Waals surface area contributed by atoms with E-state index in [-0.39, 0.29) is 17.2 Å². The Bertz CT molecular complexity index is 587. The third kappa shape index (κ3) is 5.96. The van der Waals surface area contributed by atoms with Gasteiger partial charge in [-0.05, 0) is 26.1 Å². The molecule has 1 aromatic carbocycles. The number of likely N-dealkylation sites (N-methyl/N-ethyl adjacent to an activating group) is 1. The lowest BCUT2D eigenvalue weighted by Crippen LogP contribution is -2.46. The monoisotopic (exact) mass is 336 g/mol. The second kappa shape index (κ2) is 9.61. The summed E-state index contributed by atoms with van der Waals surface area (Å²) in [6, 6.07) is 4.66. The molecule has 8 heteroatoms. The smallest absolute Gasteiger partial charge is 0.270 e. The Labute approximate surface area is 141 Å². The van der Waals surface area contributed by atoms with E-state index >= 15 is 0 Å². The Morgan fingerprint density at radius 1 is 1.29 bits per heavy atom. The van der Waals surface area contributed by atoms with Crippen LogP contribution >= 0.6 is 0 Å². The number of carbonyl (C=O) groups is 2. The largest absolute Gasteiger partial charge is 0.353 e. The summed E-state index contributed by atoms with van der Waals surface area (Å²) in [6.45, 7) is 8.72. The predicted octanol–water partition coefficient (Wildman–Crippen LogP) is 1.17. The Morgan fingerprint density at radius 2 is 1.96 bits per heavy atom. The lowest BCUT2D eigenvalue weighted by Gasteiger charge is -2.19. The second-order valence-electron chi connectivity index (χ2n) is 5.32. The number of hydrogen-bond donors (Lipinski definition) is 2. The van der Waals surface area contributed by atoms with E-state index in [1.165, 1.54) is 24.3 Å². The number of carbonyl (C=O) groups excluding carboxylic acids is 2. The lowest BCUT2D eigenvalue weighted by atomic mass is 10.1. The molecule has 0 heterocycles. The molecule has 0 aliphatic carbocycles. The van der Waals surface area contributed by atoms with E-state index in [1.54, 1.807) is 6.92 Å². The second-order valence-corrected chi connectivity index (χ2v) is 5.32. The zero-order chi connectivity index (χ0) is 18.1. The van der Waals surface area contributed by atoms with E-state index < -0.39 is 16.9 Å². The van der Waals surface area contributed by atoms with Gasteiger partial charge in [0.05, 0.1) is 4.92 Å². The summed E-state index contributed by atoms with van der Waals surface area (Å²) in [6.07, 6.45) is 0. The molecular formula is C16H24N4O4. The Kier molecular flexibility index (Phi) is 7.84. The van der Waals surface area contributed by atoms with Gasteiger partial charge in [0, 0.05) is 30.8 Å². The Hall–Kier alpha value is -2.48. The molecule has 0 aliphatic heterocycles. The third-order valence-electron chi connectivity index (χ3n) is 3.68. The molecule has 2 N–H and O–H groups in total. The van der Waals surface area contributed by atoms with Crippen LogP contribution < -0.4 is 10.6 Å². The van der Waals surface area contributed by atoms with E-state index in [9.17, 15) is 19.7 Å². The molecule has 0 fully saturated rings. The fourth-order valence-corrected chi connectivity index (χ4v) is 2.14. The summed E-state index contributed by atoms with van der Waals surface area (Å²) < 4.78 is 0. The van der Waals surface area contributed by atoms with Gasteiger partial charge in [-0.25, -0.2) is 0 Å². The summed E-state index contributed by atoms with van der Waals surface area (Å²) in [5.41, 5.74) is -0.0223. The number of non-ortho nitro benzene ring substituents is 1. The maximum atomic E-state index is 12.1. The number of nitrogens with zero attached hydrogens (tertiary/aromatic N) is 2. The standard InChI is InChI=1S/C16H24N4O4/c1-4-19(5-2)10-9-17-15(21)12(3)18-16(22)13-7-6-8-14(11-13)20(23)24/h6-8,11-12H,4-5,9-10H2,1-3H3,(H,17,21)(H,18,22). The van der Waals surface area contributed by atoms with Crippen molar-refractivity contribution in [2.45, 2.75) is 26.8 Å². The van der Waals surface area contributed by atoms with Gasteiger partial charge in [-0.15, -0.1) is 0 Å². The molecule has 0 bridgehead atoms. The van der Waals surface area contributed by atoms with Crippen LogP contribution in [0.5, 0.6) is 0 Å². The van der Waals surface area contributed by atoms with Crippen LogP contribution in [0.25, 0.3) is 0 Å². The van der Waals surface area contributed by atoms with Gasteiger partial charge in [-0.3, -0.25) is 19.7 Å². The summed E-state index contributed by atoms with van der Waals surface area (Å²) in [7, 11) is 0. The quantitative estimate of drug-likeness (QED) is 0.520. The highest BCUT2D eigenvalue weighted by Crippen LogP contribution is 2.13. The lowest BCUT2D eigenvalue weighted by molar-refractivity contribution is -0.384. The third-order valence-corrected chi connectivity index (χ3v) is 3.68. The molecular weight excluding hydrogens is 312 g/mol. The van der Waals surface area contributed by atoms with Gasteiger partial charge in [-0.1, -0.05) is 19.9 Å². The highest BCUT2D eigenvalue weighted by atomic mass is 16.6. The maximum Gasteiger partial charge on any atom is 0.270 e. The molecule has 1 atom stereocenters. The molecule has 1 unspecified atom stereocenters. The van der Waals surface area contributed by atoms with Gasteiger partial charge in [0.1, 0.15) is 6.04 Å². The van der Waals surface area contributed by atoms with Crippen LogP contribution in [0.15, 0.2) is 24.3 Å². The van der Waals surface area contributed by atoms with Gasteiger partial charge in [0.15, 0.2) is 0 Å². The minimum Gasteiger partial charge on any atom is -0.353 e. The first-order valence-electron chi connectivity index (χ1n) is 7.94. The van der Waals surface area contributed by atoms with Gasteiger partial charge in [-0.2, -0.15) is 0 Å². The number of nitrogens with one attached hydrogen (secondary N) is 2. The summed E-state index contributed by atoms with van der Waals surface area (Å²) in [5.74, 6) is -0.814. The van der Waals surface area contributed by atoms with Gasteiger partial charge in [0.25, 0.3) is 11.6 Å². The number of amides is 2. The minimum absolute atomic E-state index is 0.145. The fourth-order valence-electron chi connectivity index (χ4n) is 2.14. The zero-order valence-corrected chi connectivity index (χ0v) is 14.2. The topological polar surface area (TPSA) is 105 Å². The highest BCUT2D eigenvalue weighted by molar-refractivity contribution is 5.97. The molecule has 0 aliphatic rings. The zero-order valence-electron chi connectivity index (χ0n) is 14.2. The van der Waals surface area contributed by atoms with Crippen LogP contribution in [0, 0.1) is 10.1 Å². The number of hydrogen-bond acceptors (Lipinski definition) is 5. The van der Waals surface area contributed by atoms with Crippen molar-refractivity contribution in [1.82, 2.24) is 15.5 Å². The Balaban J connectivity index is 2.52. The van der Waals surface area contributed by atoms with Crippen molar-refractivity contribution in [3.05, 3.63) is 39.9 Å². The number of benzene rings is 1. The molecule has 0 spiro atoms. The molecule has 0 aromatic heterocycles. The van der Waals surface area contributed by atoms with E-state index in [4.69, 9.17) is 0 Å². The number of rotatable bonds is 9. The van der Waals surface area contributed by atoms with Crippen LogP contribution in [-0.2, 0) is 4.79 Å². The van der Waals surface area contributed by atoms with Crippen LogP contribution in [-0.4, -0.2) is 53.9 Å². The van der Waals surface area contributed by atoms with E-state index in [0.29, 0.717) is 6.54 Å². The molecule has 24 heavy (non-hydrogen) atoms. The van der Waals surface area contributed by atoms with Crippen molar-refractivity contribution >= 4 is 17.5 Å².